The highest BCUT2D eigenvalue weighted by molar-refractivity contribution is 7.81. The molecule has 17 heavy (non-hydrogen) atoms. The number of methoxy groups -OCH3 is 2. The van der Waals surface area contributed by atoms with E-state index in [9.17, 15) is 0 Å². The van der Waals surface area contributed by atoms with Crippen molar-refractivity contribution < 1.29 is 9.47 Å². The zero-order valence-electron chi connectivity index (χ0n) is 10.1. The van der Waals surface area contributed by atoms with Gasteiger partial charge in [0.15, 0.2) is 11.5 Å². The van der Waals surface area contributed by atoms with E-state index in [0.717, 1.165) is 23.5 Å². The van der Waals surface area contributed by atoms with Crippen molar-refractivity contribution >= 4 is 18.5 Å². The van der Waals surface area contributed by atoms with Crippen molar-refractivity contribution in [2.45, 2.75) is 6.42 Å². The van der Waals surface area contributed by atoms with Crippen LogP contribution in [0.15, 0.2) is 23.2 Å². The molecule has 0 radical (unpaired) electrons. The lowest BCUT2D eigenvalue weighted by Gasteiger charge is -2.08. The Bertz CT molecular complexity index is 394. The molecule has 0 heterocycles. The number of ether oxygens (including phenoxy) is 2. The van der Waals surface area contributed by atoms with E-state index >= 15 is 0 Å². The molecule has 0 amide bonds. The zero-order valence-corrected chi connectivity index (χ0v) is 11.0. The fraction of sp³-hybridized carbons (Fsp3) is 0.417. The summed E-state index contributed by atoms with van der Waals surface area (Å²) in [5.74, 6) is 2.52. The van der Waals surface area contributed by atoms with Crippen LogP contribution in [0, 0.1) is 0 Å². The Kier molecular flexibility index (Phi) is 5.69. The van der Waals surface area contributed by atoms with Gasteiger partial charge in [0, 0.05) is 12.3 Å². The lowest BCUT2D eigenvalue weighted by molar-refractivity contribution is 0.354. The van der Waals surface area contributed by atoms with Gasteiger partial charge >= 0.3 is 0 Å². The molecule has 4 nitrogen and oxygen atoms in total. The highest BCUT2D eigenvalue weighted by atomic mass is 32.1. The van der Waals surface area contributed by atoms with Crippen LogP contribution in [0.25, 0.3) is 0 Å². The van der Waals surface area contributed by atoms with Crippen LogP contribution in [-0.2, 0) is 6.42 Å². The smallest absolute Gasteiger partial charge is 0.160 e. The summed E-state index contributed by atoms with van der Waals surface area (Å²) in [6.07, 6.45) is 0.814. The molecule has 2 N–H and O–H groups in total. The van der Waals surface area contributed by atoms with Crippen molar-refractivity contribution in [2.24, 2.45) is 10.7 Å². The maximum Gasteiger partial charge on any atom is 0.160 e. The summed E-state index contributed by atoms with van der Waals surface area (Å²) in [6, 6.07) is 5.83. The van der Waals surface area contributed by atoms with Gasteiger partial charge < -0.3 is 15.2 Å². The van der Waals surface area contributed by atoms with Crippen molar-refractivity contribution in [3.05, 3.63) is 23.8 Å². The molecule has 0 saturated heterocycles. The van der Waals surface area contributed by atoms with Gasteiger partial charge in [-0.3, -0.25) is 4.99 Å². The van der Waals surface area contributed by atoms with E-state index in [1.165, 1.54) is 0 Å². The quantitative estimate of drug-likeness (QED) is 0.460. The Labute approximate surface area is 107 Å². The van der Waals surface area contributed by atoms with E-state index in [1.54, 1.807) is 14.2 Å². The fourth-order valence-electron chi connectivity index (χ4n) is 1.41. The minimum absolute atomic E-state index is 0.492. The lowest BCUT2D eigenvalue weighted by Crippen LogP contribution is -2.14. The molecule has 5 heteroatoms. The van der Waals surface area contributed by atoms with Crippen LogP contribution in [0.1, 0.15) is 5.56 Å². The van der Waals surface area contributed by atoms with Crippen molar-refractivity contribution in [3.63, 3.8) is 0 Å². The average Bonchev–Trinajstić information content (AvgIpc) is 2.38. The molecule has 1 rings (SSSR count). The van der Waals surface area contributed by atoms with Crippen molar-refractivity contribution in [1.29, 1.82) is 0 Å². The molecule has 94 valence electrons. The summed E-state index contributed by atoms with van der Waals surface area (Å²) < 4.78 is 10.4. The Hall–Kier alpha value is -1.36. The normalized spacial score (nSPS) is 11.4. The van der Waals surface area contributed by atoms with Crippen molar-refractivity contribution in [2.75, 3.05) is 26.5 Å². The molecule has 0 fully saturated rings. The largest absolute Gasteiger partial charge is 0.493 e. The first-order valence-electron chi connectivity index (χ1n) is 5.31. The van der Waals surface area contributed by atoms with Crippen molar-refractivity contribution in [1.82, 2.24) is 0 Å². The van der Waals surface area contributed by atoms with Crippen molar-refractivity contribution in [3.8, 4) is 11.5 Å². The number of thiol groups is 1. The van der Waals surface area contributed by atoms with Gasteiger partial charge in [-0.1, -0.05) is 6.07 Å². The van der Waals surface area contributed by atoms with Gasteiger partial charge in [-0.25, -0.2) is 0 Å². The molecular formula is C12H18N2O2S. The van der Waals surface area contributed by atoms with Gasteiger partial charge in [0.05, 0.1) is 14.2 Å². The molecule has 0 unspecified atom stereocenters. The summed E-state index contributed by atoms with van der Waals surface area (Å²) >= 11 is 4.04. The second-order valence-corrected chi connectivity index (χ2v) is 3.79. The topological polar surface area (TPSA) is 56.8 Å². The second-order valence-electron chi connectivity index (χ2n) is 3.47. The number of nitrogens with zero attached hydrogens (tertiary/aromatic N) is 1. The molecule has 0 spiro atoms. The molecule has 0 aliphatic rings. The first-order chi connectivity index (χ1) is 8.21. The number of nitrogens with two attached hydrogens (primary N) is 1. The van der Waals surface area contributed by atoms with Crippen LogP contribution in [0.4, 0.5) is 0 Å². The van der Waals surface area contributed by atoms with Crippen LogP contribution in [0.2, 0.25) is 0 Å². The summed E-state index contributed by atoms with van der Waals surface area (Å²) in [5.41, 5.74) is 6.71. The minimum atomic E-state index is 0.492. The first kappa shape index (κ1) is 13.7. The number of hydrogen-bond acceptors (Lipinski definition) is 4. The predicted molar refractivity (Wildman–Crippen MR) is 73.6 cm³/mol. The third kappa shape index (κ3) is 4.19. The molecule has 0 bridgehead atoms. The summed E-state index contributed by atoms with van der Waals surface area (Å²) in [4.78, 5) is 4.18. The monoisotopic (exact) mass is 254 g/mol. The second kappa shape index (κ2) is 7.06. The van der Waals surface area contributed by atoms with E-state index in [1.807, 2.05) is 18.2 Å². The molecule has 1 aromatic carbocycles. The van der Waals surface area contributed by atoms with Gasteiger partial charge in [-0.15, -0.1) is 0 Å². The van der Waals surface area contributed by atoms with Crippen LogP contribution in [-0.4, -0.2) is 32.4 Å². The molecule has 0 aliphatic heterocycles. The molecular weight excluding hydrogens is 236 g/mol. The van der Waals surface area contributed by atoms with Crippen LogP contribution >= 0.6 is 12.6 Å². The fourth-order valence-corrected chi connectivity index (χ4v) is 1.51. The lowest BCUT2D eigenvalue weighted by atomic mass is 10.1. The van der Waals surface area contributed by atoms with Gasteiger partial charge in [0.2, 0.25) is 0 Å². The number of benzene rings is 1. The van der Waals surface area contributed by atoms with E-state index < -0.39 is 0 Å². The van der Waals surface area contributed by atoms with Gasteiger partial charge in [-0.05, 0) is 24.1 Å². The molecule has 0 aromatic heterocycles. The summed E-state index contributed by atoms with van der Waals surface area (Å²) in [6.45, 7) is 0.655. The zero-order chi connectivity index (χ0) is 12.7. The van der Waals surface area contributed by atoms with Gasteiger partial charge in [0.1, 0.15) is 5.84 Å². The van der Waals surface area contributed by atoms with Gasteiger partial charge in [0.25, 0.3) is 0 Å². The predicted octanol–water partition coefficient (Wildman–Crippen LogP) is 1.53. The Morgan fingerprint density at radius 2 is 2.00 bits per heavy atom. The van der Waals surface area contributed by atoms with Gasteiger partial charge in [-0.2, -0.15) is 12.6 Å². The van der Waals surface area contributed by atoms with Crippen LogP contribution < -0.4 is 15.2 Å². The minimum Gasteiger partial charge on any atom is -0.493 e. The summed E-state index contributed by atoms with van der Waals surface area (Å²) in [7, 11) is 3.24. The van der Waals surface area contributed by atoms with Crippen LogP contribution in [0.5, 0.6) is 11.5 Å². The number of hydrogen-bond donors (Lipinski definition) is 2. The Morgan fingerprint density at radius 3 is 2.59 bits per heavy atom. The molecule has 1 aromatic rings. The number of aliphatic imine (C=N–C) groups is 1. The third-order valence-corrected chi connectivity index (χ3v) is 2.65. The maximum absolute atomic E-state index is 5.57. The summed E-state index contributed by atoms with van der Waals surface area (Å²) in [5, 5.41) is 0. The average molecular weight is 254 g/mol. The SMILES string of the molecule is COc1ccc(CCN=C(N)CS)cc1OC. The van der Waals surface area contributed by atoms with Crippen LogP contribution in [0.3, 0.4) is 0 Å². The molecule has 0 saturated carbocycles. The first-order valence-corrected chi connectivity index (χ1v) is 5.95. The van der Waals surface area contributed by atoms with E-state index in [4.69, 9.17) is 15.2 Å². The van der Waals surface area contributed by atoms with E-state index in [2.05, 4.69) is 17.6 Å². The number of rotatable bonds is 6. The number of amidine groups is 1. The third-order valence-electron chi connectivity index (χ3n) is 2.33. The molecule has 0 aliphatic carbocycles. The van der Waals surface area contributed by atoms with E-state index in [-0.39, 0.29) is 0 Å². The molecule has 0 atom stereocenters. The van der Waals surface area contributed by atoms with E-state index in [0.29, 0.717) is 18.1 Å². The Morgan fingerprint density at radius 1 is 1.29 bits per heavy atom. The highest BCUT2D eigenvalue weighted by Gasteiger charge is 2.03. The maximum atomic E-state index is 5.57. The standard InChI is InChI=1S/C12H18N2O2S/c1-15-10-4-3-9(7-11(10)16-2)5-6-14-12(13)8-17/h3-4,7,17H,5-6,8H2,1-2H3,(H2,13,14). The Balaban J connectivity index is 2.66. The highest BCUT2D eigenvalue weighted by Crippen LogP contribution is 2.27.